The maximum Gasteiger partial charge on any atom is 0.168 e. The van der Waals surface area contributed by atoms with Gasteiger partial charge >= 0.3 is 0 Å². The van der Waals surface area contributed by atoms with Crippen LogP contribution in [0.4, 0.5) is 0 Å². The van der Waals surface area contributed by atoms with Crippen molar-refractivity contribution in [3.05, 3.63) is 36.5 Å². The second kappa shape index (κ2) is 33.9. The predicted molar refractivity (Wildman–Crippen MR) is 264 cm³/mol. The molecule has 1 saturated carbocycles. The normalized spacial score (nSPS) is 25.8. The molecule has 4 aliphatic rings. The van der Waals surface area contributed by atoms with Gasteiger partial charge in [0.15, 0.2) is 17.4 Å². The predicted octanol–water partition coefficient (Wildman–Crippen LogP) is 13.0. The molecule has 0 aromatic carbocycles. The first-order valence-electron chi connectivity index (χ1n) is 26.9. The molecule has 8 atom stereocenters. The molecule has 0 radical (unpaired) electrons. The minimum absolute atomic E-state index is 0.0402. The number of carbonyl (C=O) groups excluding carboxylic acids is 1. The Bertz CT molecular complexity index is 1320. The van der Waals surface area contributed by atoms with Crippen molar-refractivity contribution in [2.45, 2.75) is 232 Å². The van der Waals surface area contributed by atoms with E-state index in [1.165, 1.54) is 51.4 Å². The smallest absolute Gasteiger partial charge is 0.168 e. The highest BCUT2D eigenvalue weighted by molar-refractivity contribution is 5.94. The Morgan fingerprint density at radius 1 is 0.652 bits per heavy atom. The van der Waals surface area contributed by atoms with Gasteiger partial charge in [0, 0.05) is 38.2 Å². The minimum atomic E-state index is -0.470. The number of ether oxygens (including phenoxy) is 4. The van der Waals surface area contributed by atoms with Gasteiger partial charge in [0.2, 0.25) is 0 Å². The highest BCUT2D eigenvalue weighted by Crippen LogP contribution is 2.45. The van der Waals surface area contributed by atoms with Crippen LogP contribution in [0.25, 0.3) is 0 Å². The van der Waals surface area contributed by atoms with Crippen molar-refractivity contribution >= 4 is 5.78 Å². The van der Waals surface area contributed by atoms with E-state index in [9.17, 15) is 15.0 Å². The van der Waals surface area contributed by atoms with Crippen LogP contribution in [0.2, 0.25) is 0 Å². The number of rotatable bonds is 35. The van der Waals surface area contributed by atoms with Crippen molar-refractivity contribution < 1.29 is 54.2 Å². The van der Waals surface area contributed by atoms with Gasteiger partial charge in [-0.3, -0.25) is 15.3 Å². The summed E-state index contributed by atoms with van der Waals surface area (Å²) in [6, 6.07) is 0. The average molecular weight is 935 g/mol. The van der Waals surface area contributed by atoms with E-state index >= 15 is 0 Å². The quantitative estimate of drug-likeness (QED) is 0.0208. The van der Waals surface area contributed by atoms with Crippen LogP contribution in [0.1, 0.15) is 202 Å². The van der Waals surface area contributed by atoms with E-state index in [1.54, 1.807) is 6.08 Å². The molecule has 4 N–H and O–H groups in total. The van der Waals surface area contributed by atoms with E-state index in [0.29, 0.717) is 44.7 Å². The van der Waals surface area contributed by atoms with E-state index in [4.69, 9.17) is 29.5 Å². The van der Waals surface area contributed by atoms with Gasteiger partial charge in [0.1, 0.15) is 0 Å². The number of hydrogen-bond acceptors (Lipinski definition) is 11. The third kappa shape index (κ3) is 21.2. The first-order valence-corrected chi connectivity index (χ1v) is 26.9. The maximum atomic E-state index is 12.4. The van der Waals surface area contributed by atoms with Crippen LogP contribution >= 0.6 is 0 Å². The zero-order valence-corrected chi connectivity index (χ0v) is 42.6. The van der Waals surface area contributed by atoms with Crippen molar-refractivity contribution in [2.75, 3.05) is 33.0 Å². The molecule has 384 valence electrons. The van der Waals surface area contributed by atoms with Crippen molar-refractivity contribution in [3.63, 3.8) is 0 Å². The Hall–Kier alpha value is -1.51. The van der Waals surface area contributed by atoms with E-state index < -0.39 is 11.6 Å². The van der Waals surface area contributed by atoms with Gasteiger partial charge in [-0.25, -0.2) is 9.78 Å². The molecule has 2 aliphatic heterocycles. The van der Waals surface area contributed by atoms with E-state index in [-0.39, 0.29) is 60.3 Å². The lowest BCUT2D eigenvalue weighted by molar-refractivity contribution is -0.289. The molecule has 0 bridgehead atoms. The summed E-state index contributed by atoms with van der Waals surface area (Å²) in [6.07, 6.45) is 37.6. The van der Waals surface area contributed by atoms with E-state index in [0.717, 1.165) is 103 Å². The van der Waals surface area contributed by atoms with Crippen LogP contribution in [-0.4, -0.2) is 89.4 Å². The summed E-state index contributed by atoms with van der Waals surface area (Å²) in [6.45, 7) is 15.5. The summed E-state index contributed by atoms with van der Waals surface area (Å²) in [5, 5.41) is 38.7. The van der Waals surface area contributed by atoms with Gasteiger partial charge in [0.05, 0.1) is 44.7 Å². The molecule has 3 fully saturated rings. The number of unbranched alkanes of at least 4 members (excludes halogenated alkanes) is 10. The van der Waals surface area contributed by atoms with Gasteiger partial charge in [-0.05, 0) is 125 Å². The zero-order valence-electron chi connectivity index (χ0n) is 42.6. The summed E-state index contributed by atoms with van der Waals surface area (Å²) in [4.78, 5) is 21.5. The van der Waals surface area contributed by atoms with E-state index in [2.05, 4.69) is 54.0 Å². The first-order chi connectivity index (χ1) is 32.0. The molecule has 4 rings (SSSR count). The van der Waals surface area contributed by atoms with Crippen LogP contribution < -0.4 is 0 Å². The van der Waals surface area contributed by atoms with Crippen LogP contribution in [0.15, 0.2) is 36.5 Å². The highest BCUT2D eigenvalue weighted by atomic mass is 17.1. The fourth-order valence-electron chi connectivity index (χ4n) is 10.8. The molecule has 0 amide bonds. The van der Waals surface area contributed by atoms with Crippen molar-refractivity contribution in [3.8, 4) is 0 Å². The van der Waals surface area contributed by atoms with Crippen LogP contribution in [0.3, 0.4) is 0 Å². The number of carbonyl (C=O) groups is 1. The van der Waals surface area contributed by atoms with Crippen molar-refractivity contribution in [1.29, 1.82) is 0 Å². The molecule has 2 saturated heterocycles. The summed E-state index contributed by atoms with van der Waals surface area (Å²) < 4.78 is 24.4. The molecule has 0 aromatic heterocycles. The first kappa shape index (κ1) is 58.8. The highest BCUT2D eigenvalue weighted by Gasteiger charge is 2.44. The second-order valence-electron chi connectivity index (χ2n) is 20.8. The largest absolute Gasteiger partial charge is 0.396 e. The Balaban J connectivity index is 0.000000351. The molecule has 0 aromatic rings. The summed E-state index contributed by atoms with van der Waals surface area (Å²) in [7, 11) is 0. The lowest BCUT2D eigenvalue weighted by Crippen LogP contribution is -2.32. The molecular weight excluding hydrogens is 837 g/mol. The van der Waals surface area contributed by atoms with Gasteiger partial charge in [0.25, 0.3) is 0 Å². The fraction of sp³-hybridized carbons (Fsp3) is 0.873. The lowest BCUT2D eigenvalue weighted by Gasteiger charge is -2.31. The molecule has 11 heteroatoms. The number of aliphatic hydroxyl groups excluding tert-OH is 2. The average Bonchev–Trinajstić information content (AvgIpc) is 4.12. The molecule has 2 unspecified atom stereocenters. The van der Waals surface area contributed by atoms with Crippen LogP contribution in [0.5, 0.6) is 0 Å². The summed E-state index contributed by atoms with van der Waals surface area (Å²) in [5.41, 5.74) is 0. The topological polar surface area (TPSA) is 153 Å². The number of hydrogen-bond donors (Lipinski definition) is 4. The monoisotopic (exact) mass is 935 g/mol. The Morgan fingerprint density at radius 2 is 1.14 bits per heavy atom. The van der Waals surface area contributed by atoms with Gasteiger partial charge in [-0.15, -0.1) is 0 Å². The Kier molecular flexibility index (Phi) is 30.2. The second-order valence-corrected chi connectivity index (χ2v) is 20.8. The SMILES string of the molecule is CCCCCCCC1(CC[C@H]2C=CC(=O)[C@@H]2C/C=C\CCCC(OO)C(C)C)OCCO1.CCCCCCCC1(CC[C@H]2[C@H](CO)C[C@H](O)[C@@H]2CC=CCCCC(OO)C(C)C)OCCO1. The molecule has 11 nitrogen and oxygen atoms in total. The van der Waals surface area contributed by atoms with E-state index in [1.807, 2.05) is 27.7 Å². The van der Waals surface area contributed by atoms with Gasteiger partial charge in [-0.1, -0.05) is 123 Å². The molecule has 2 aliphatic carbocycles. The number of ketones is 1. The maximum absolute atomic E-state index is 12.4. The number of aliphatic hydroxyl groups is 2. The summed E-state index contributed by atoms with van der Waals surface area (Å²) in [5.74, 6) is 0.840. The van der Waals surface area contributed by atoms with Crippen LogP contribution in [-0.2, 0) is 33.5 Å². The Labute approximate surface area is 401 Å². The molecule has 0 spiro atoms. The molecule has 2 heterocycles. The molecule has 66 heavy (non-hydrogen) atoms. The van der Waals surface area contributed by atoms with Crippen molar-refractivity contribution in [2.24, 2.45) is 41.4 Å². The summed E-state index contributed by atoms with van der Waals surface area (Å²) >= 11 is 0. The van der Waals surface area contributed by atoms with Gasteiger partial charge < -0.3 is 29.2 Å². The minimum Gasteiger partial charge on any atom is -0.396 e. The standard InChI is InChI=1S/C28H52O6.C27H46O5/c1-4-5-6-9-12-16-28(32-18-19-33-28)17-15-24-23(21-29)20-26(30)25(24)13-10-7-8-11-14-27(34-31)22(2)3;1-4-5-6-9-12-18-27(30-20-21-31-27)19-17-23-15-16-25(28)24(23)13-10-7-8-11-14-26(32-29)22(2)3/h7,10,22-27,29-31H,4-6,8-9,11-21H2,1-3H3;7,10,15-16,22-24,26,29H,4-6,8-9,11-14,17-21H2,1-3H3/b;10-7-/t23-,24-,25+,26-,27?;23-,24-,26?/m01/s1. The van der Waals surface area contributed by atoms with Crippen molar-refractivity contribution in [1.82, 2.24) is 0 Å². The third-order valence-electron chi connectivity index (χ3n) is 15.1. The van der Waals surface area contributed by atoms with Crippen LogP contribution in [0, 0.1) is 41.4 Å². The lowest BCUT2D eigenvalue weighted by atomic mass is 9.82. The third-order valence-corrected chi connectivity index (χ3v) is 15.1. The Morgan fingerprint density at radius 3 is 1.61 bits per heavy atom. The zero-order chi connectivity index (χ0) is 48.0. The molecular formula is C55H98O11. The fourth-order valence-corrected chi connectivity index (χ4v) is 10.8. The number of allylic oxidation sites excluding steroid dienone is 6. The van der Waals surface area contributed by atoms with Gasteiger partial charge in [-0.2, -0.15) is 0 Å².